The number of hydrogen-bond acceptors (Lipinski definition) is 5. The van der Waals surface area contributed by atoms with E-state index < -0.39 is 0 Å². The van der Waals surface area contributed by atoms with Crippen molar-refractivity contribution in [1.29, 1.82) is 0 Å². The Bertz CT molecular complexity index is 625. The van der Waals surface area contributed by atoms with E-state index in [0.29, 0.717) is 30.2 Å². The highest BCUT2D eigenvalue weighted by Gasteiger charge is 2.05. The Morgan fingerprint density at radius 2 is 1.54 bits per heavy atom. The van der Waals surface area contributed by atoms with E-state index in [1.807, 2.05) is 24.3 Å². The lowest BCUT2D eigenvalue weighted by Gasteiger charge is -2.08. The first-order chi connectivity index (χ1) is 11.7. The van der Waals surface area contributed by atoms with Crippen LogP contribution in [0, 0.1) is 0 Å². The van der Waals surface area contributed by atoms with Gasteiger partial charge in [0.2, 0.25) is 0 Å². The molecule has 0 aliphatic carbocycles. The molecule has 0 radical (unpaired) electrons. The molecule has 0 bridgehead atoms. The molecule has 0 saturated carbocycles. The van der Waals surface area contributed by atoms with Gasteiger partial charge in [0.05, 0.1) is 26.9 Å². The van der Waals surface area contributed by atoms with Crippen LogP contribution in [0.15, 0.2) is 48.5 Å². The predicted molar refractivity (Wildman–Crippen MR) is 89.7 cm³/mol. The summed E-state index contributed by atoms with van der Waals surface area (Å²) in [5.74, 6) is 1.91. The van der Waals surface area contributed by atoms with Gasteiger partial charge in [0.1, 0.15) is 17.2 Å². The molecule has 6 nitrogen and oxygen atoms in total. The fourth-order valence-electron chi connectivity index (χ4n) is 1.96. The average molecular weight is 331 g/mol. The zero-order chi connectivity index (χ0) is 17.2. The third kappa shape index (κ3) is 5.57. The summed E-state index contributed by atoms with van der Waals surface area (Å²) in [5, 5.41) is 11.3. The number of hydrogen-bond donors (Lipinski definition) is 2. The van der Waals surface area contributed by atoms with Gasteiger partial charge in [-0.3, -0.25) is 4.79 Å². The van der Waals surface area contributed by atoms with Crippen LogP contribution in [0.5, 0.6) is 17.2 Å². The van der Waals surface area contributed by atoms with E-state index in [2.05, 4.69) is 5.32 Å². The van der Waals surface area contributed by atoms with E-state index in [1.165, 1.54) is 0 Å². The molecule has 2 aromatic rings. The Kier molecular flexibility index (Phi) is 7.07. The smallest absolute Gasteiger partial charge is 0.251 e. The van der Waals surface area contributed by atoms with Gasteiger partial charge < -0.3 is 24.6 Å². The molecule has 0 fully saturated rings. The first kappa shape index (κ1) is 17.8. The van der Waals surface area contributed by atoms with Gasteiger partial charge in [-0.05, 0) is 48.5 Å². The maximum absolute atomic E-state index is 11.9. The normalized spacial score (nSPS) is 10.2. The number of ether oxygens (including phenoxy) is 3. The molecule has 128 valence electrons. The average Bonchev–Trinajstić information content (AvgIpc) is 2.62. The number of benzene rings is 2. The fourth-order valence-corrected chi connectivity index (χ4v) is 1.96. The molecule has 0 heterocycles. The minimum atomic E-state index is -0.182. The summed E-state index contributed by atoms with van der Waals surface area (Å²) in [7, 11) is 1.61. The van der Waals surface area contributed by atoms with Gasteiger partial charge in [0.15, 0.2) is 0 Å². The molecular weight excluding hydrogens is 310 g/mol. The maximum atomic E-state index is 11.9. The van der Waals surface area contributed by atoms with Crippen molar-refractivity contribution in [2.45, 2.75) is 0 Å². The molecule has 0 atom stereocenters. The number of methoxy groups -OCH3 is 1. The van der Waals surface area contributed by atoms with Crippen LogP contribution in [-0.4, -0.2) is 44.5 Å². The SMILES string of the molecule is COc1ccc(Oc2ccc(C(=O)NCCOCCO)cc2)cc1. The lowest BCUT2D eigenvalue weighted by atomic mass is 10.2. The molecule has 2 rings (SSSR count). The lowest BCUT2D eigenvalue weighted by molar-refractivity contribution is 0.0838. The minimum Gasteiger partial charge on any atom is -0.497 e. The van der Waals surface area contributed by atoms with E-state index in [1.54, 1.807) is 31.4 Å². The predicted octanol–water partition coefficient (Wildman–Crippen LogP) is 2.23. The van der Waals surface area contributed by atoms with E-state index in [9.17, 15) is 4.79 Å². The van der Waals surface area contributed by atoms with Gasteiger partial charge in [-0.2, -0.15) is 0 Å². The summed E-state index contributed by atoms with van der Waals surface area (Å²) in [6.07, 6.45) is 0. The second-order valence-corrected chi connectivity index (χ2v) is 4.89. The second kappa shape index (κ2) is 9.54. The summed E-state index contributed by atoms with van der Waals surface area (Å²) in [5.41, 5.74) is 0.541. The molecule has 0 aromatic heterocycles. The maximum Gasteiger partial charge on any atom is 0.251 e. The summed E-state index contributed by atoms with van der Waals surface area (Å²) >= 11 is 0. The van der Waals surface area contributed by atoms with Crippen LogP contribution in [0.3, 0.4) is 0 Å². The number of carbonyl (C=O) groups excluding carboxylic acids is 1. The van der Waals surface area contributed by atoms with Crippen molar-refractivity contribution >= 4 is 5.91 Å². The van der Waals surface area contributed by atoms with Crippen LogP contribution in [-0.2, 0) is 4.74 Å². The Labute approximate surface area is 141 Å². The van der Waals surface area contributed by atoms with Crippen molar-refractivity contribution in [1.82, 2.24) is 5.32 Å². The molecule has 24 heavy (non-hydrogen) atoms. The van der Waals surface area contributed by atoms with Gasteiger partial charge in [0, 0.05) is 12.1 Å². The third-order valence-corrected chi connectivity index (χ3v) is 3.18. The van der Waals surface area contributed by atoms with Crippen LogP contribution in [0.25, 0.3) is 0 Å². The fraction of sp³-hybridized carbons (Fsp3) is 0.278. The third-order valence-electron chi connectivity index (χ3n) is 3.18. The first-order valence-corrected chi connectivity index (χ1v) is 7.61. The first-order valence-electron chi connectivity index (χ1n) is 7.61. The molecule has 0 aliphatic rings. The van der Waals surface area contributed by atoms with Crippen molar-refractivity contribution in [2.24, 2.45) is 0 Å². The Morgan fingerprint density at radius 3 is 2.12 bits per heavy atom. The molecule has 0 unspecified atom stereocenters. The zero-order valence-corrected chi connectivity index (χ0v) is 13.5. The van der Waals surface area contributed by atoms with Gasteiger partial charge in [0.25, 0.3) is 5.91 Å². The van der Waals surface area contributed by atoms with E-state index >= 15 is 0 Å². The van der Waals surface area contributed by atoms with E-state index in [-0.39, 0.29) is 19.1 Å². The summed E-state index contributed by atoms with van der Waals surface area (Å²) in [4.78, 5) is 11.9. The topological polar surface area (TPSA) is 77.0 Å². The highest BCUT2D eigenvalue weighted by atomic mass is 16.5. The van der Waals surface area contributed by atoms with Crippen LogP contribution < -0.4 is 14.8 Å². The number of amides is 1. The molecule has 0 saturated heterocycles. The van der Waals surface area contributed by atoms with Crippen molar-refractivity contribution in [2.75, 3.05) is 33.5 Å². The van der Waals surface area contributed by atoms with Crippen molar-refractivity contribution in [3.05, 3.63) is 54.1 Å². The highest BCUT2D eigenvalue weighted by molar-refractivity contribution is 5.94. The summed E-state index contributed by atoms with van der Waals surface area (Å²) in [6.45, 7) is 1.00. The van der Waals surface area contributed by atoms with Crippen LogP contribution in [0.4, 0.5) is 0 Å². The molecule has 1 amide bonds. The lowest BCUT2D eigenvalue weighted by Crippen LogP contribution is -2.27. The van der Waals surface area contributed by atoms with Crippen molar-refractivity contribution < 1.29 is 24.1 Å². The van der Waals surface area contributed by atoms with Gasteiger partial charge >= 0.3 is 0 Å². The zero-order valence-electron chi connectivity index (χ0n) is 13.5. The monoisotopic (exact) mass is 331 g/mol. The Hall–Kier alpha value is -2.57. The summed E-state index contributed by atoms with van der Waals surface area (Å²) < 4.78 is 15.9. The number of rotatable bonds is 9. The van der Waals surface area contributed by atoms with Crippen LogP contribution in [0.1, 0.15) is 10.4 Å². The number of nitrogens with one attached hydrogen (secondary N) is 1. The molecule has 0 aliphatic heterocycles. The highest BCUT2D eigenvalue weighted by Crippen LogP contribution is 2.23. The van der Waals surface area contributed by atoms with Crippen LogP contribution in [0.2, 0.25) is 0 Å². The molecule has 0 spiro atoms. The van der Waals surface area contributed by atoms with Gasteiger partial charge in [-0.1, -0.05) is 0 Å². The van der Waals surface area contributed by atoms with Crippen molar-refractivity contribution in [3.8, 4) is 17.2 Å². The van der Waals surface area contributed by atoms with E-state index in [4.69, 9.17) is 19.3 Å². The second-order valence-electron chi connectivity index (χ2n) is 4.89. The molecule has 2 N–H and O–H groups in total. The number of aliphatic hydroxyl groups excluding tert-OH is 1. The minimum absolute atomic E-state index is 0.0242. The van der Waals surface area contributed by atoms with Gasteiger partial charge in [-0.15, -0.1) is 0 Å². The van der Waals surface area contributed by atoms with Crippen molar-refractivity contribution in [3.63, 3.8) is 0 Å². The Balaban J connectivity index is 1.84. The van der Waals surface area contributed by atoms with Crippen LogP contribution >= 0.6 is 0 Å². The molecule has 6 heteroatoms. The number of aliphatic hydroxyl groups is 1. The summed E-state index contributed by atoms with van der Waals surface area (Å²) in [6, 6.07) is 14.1. The quantitative estimate of drug-likeness (QED) is 0.689. The Morgan fingerprint density at radius 1 is 0.958 bits per heavy atom. The van der Waals surface area contributed by atoms with Gasteiger partial charge in [-0.25, -0.2) is 0 Å². The molecular formula is C18H21NO5. The standard InChI is InChI=1S/C18H21NO5/c1-22-15-6-8-17(9-7-15)24-16-4-2-14(3-5-16)18(21)19-10-12-23-13-11-20/h2-9,20H,10-13H2,1H3,(H,19,21). The molecule has 2 aromatic carbocycles. The largest absolute Gasteiger partial charge is 0.497 e. The number of carbonyl (C=O) groups is 1. The van der Waals surface area contributed by atoms with E-state index in [0.717, 1.165) is 5.75 Å².